The Kier molecular flexibility index (Phi) is 3.80. The van der Waals surface area contributed by atoms with Gasteiger partial charge in [0, 0.05) is 16.4 Å². The lowest BCUT2D eigenvalue weighted by Gasteiger charge is -1.95. The molecule has 1 aromatic rings. The van der Waals surface area contributed by atoms with Crippen molar-refractivity contribution < 1.29 is 0 Å². The van der Waals surface area contributed by atoms with Crippen LogP contribution in [0.1, 0.15) is 18.2 Å². The van der Waals surface area contributed by atoms with Crippen LogP contribution in [-0.4, -0.2) is 10.3 Å². The average Bonchev–Trinajstić information content (AvgIpc) is 2.52. The number of hydrogen-bond acceptors (Lipinski definition) is 2. The van der Waals surface area contributed by atoms with Crippen molar-refractivity contribution in [3.05, 3.63) is 22.2 Å². The summed E-state index contributed by atoms with van der Waals surface area (Å²) in [5.74, 6) is 0. The molecule has 1 aromatic heterocycles. The van der Waals surface area contributed by atoms with Gasteiger partial charge in [0.2, 0.25) is 0 Å². The Morgan fingerprint density at radius 2 is 2.64 bits per heavy atom. The minimum atomic E-state index is 0.960. The number of rotatable bonds is 3. The summed E-state index contributed by atoms with van der Waals surface area (Å²) in [6.45, 7) is 2.16. The lowest BCUT2D eigenvalue weighted by Crippen LogP contribution is -1.79. The lowest BCUT2D eigenvalue weighted by atomic mass is 10.2. The molecule has 0 spiro atoms. The number of thiazole rings is 1. The first kappa shape index (κ1) is 8.94. The second-order valence-corrected chi connectivity index (χ2v) is 3.67. The monoisotopic (exact) mass is 231 g/mol. The van der Waals surface area contributed by atoms with E-state index in [4.69, 9.17) is 0 Å². The van der Waals surface area contributed by atoms with Crippen molar-refractivity contribution in [2.45, 2.75) is 13.3 Å². The van der Waals surface area contributed by atoms with Crippen molar-refractivity contribution in [2.24, 2.45) is 0 Å². The number of halogens is 1. The first-order valence-electron chi connectivity index (χ1n) is 3.50. The summed E-state index contributed by atoms with van der Waals surface area (Å²) in [4.78, 5) is 5.24. The van der Waals surface area contributed by atoms with Gasteiger partial charge in [-0.1, -0.05) is 28.4 Å². The summed E-state index contributed by atoms with van der Waals surface area (Å²) in [6, 6.07) is 0. The van der Waals surface area contributed by atoms with Crippen LogP contribution in [0.25, 0.3) is 6.08 Å². The molecule has 1 nitrogen and oxygen atoms in total. The molecular formula is C8H10BrNS. The molecule has 11 heavy (non-hydrogen) atoms. The zero-order valence-corrected chi connectivity index (χ0v) is 8.78. The highest BCUT2D eigenvalue weighted by molar-refractivity contribution is 9.09. The van der Waals surface area contributed by atoms with Gasteiger partial charge in [0.25, 0.3) is 0 Å². The third-order valence-electron chi connectivity index (χ3n) is 1.42. The minimum Gasteiger partial charge on any atom is -0.253 e. The molecular weight excluding hydrogens is 222 g/mol. The maximum atomic E-state index is 4.00. The minimum absolute atomic E-state index is 0.960. The lowest BCUT2D eigenvalue weighted by molar-refractivity contribution is 1.13. The van der Waals surface area contributed by atoms with Crippen LogP contribution in [-0.2, 0) is 0 Å². The molecule has 0 saturated carbocycles. The molecule has 0 aromatic carbocycles. The largest absolute Gasteiger partial charge is 0.253 e. The molecule has 0 unspecified atom stereocenters. The highest BCUT2D eigenvalue weighted by Crippen LogP contribution is 2.14. The summed E-state index contributed by atoms with van der Waals surface area (Å²) in [6.07, 6.45) is 5.18. The molecule has 0 aliphatic rings. The van der Waals surface area contributed by atoms with E-state index >= 15 is 0 Å². The van der Waals surface area contributed by atoms with E-state index in [0.29, 0.717) is 0 Å². The molecule has 0 amide bonds. The van der Waals surface area contributed by atoms with Gasteiger partial charge in [-0.3, -0.25) is 4.98 Å². The van der Waals surface area contributed by atoms with E-state index in [0.717, 1.165) is 11.8 Å². The van der Waals surface area contributed by atoms with Crippen molar-refractivity contribution in [1.29, 1.82) is 0 Å². The predicted molar refractivity (Wildman–Crippen MR) is 54.2 cm³/mol. The number of allylic oxidation sites excluding steroid dienone is 1. The third-order valence-corrected chi connectivity index (χ3v) is 2.87. The zero-order chi connectivity index (χ0) is 8.10. The molecule has 0 radical (unpaired) electrons. The van der Waals surface area contributed by atoms with E-state index in [1.807, 2.05) is 11.7 Å². The first-order chi connectivity index (χ1) is 5.36. The Labute approximate surface area is 79.3 Å². The number of aromatic nitrogens is 1. The highest BCUT2D eigenvalue weighted by Gasteiger charge is 1.93. The van der Waals surface area contributed by atoms with E-state index < -0.39 is 0 Å². The van der Waals surface area contributed by atoms with Crippen LogP contribution < -0.4 is 0 Å². The van der Waals surface area contributed by atoms with E-state index in [1.165, 1.54) is 10.5 Å². The van der Waals surface area contributed by atoms with Crippen LogP contribution >= 0.6 is 27.3 Å². The Morgan fingerprint density at radius 1 is 1.82 bits per heavy atom. The van der Waals surface area contributed by atoms with E-state index in [-0.39, 0.29) is 0 Å². The second kappa shape index (κ2) is 4.67. The van der Waals surface area contributed by atoms with Crippen LogP contribution in [0.5, 0.6) is 0 Å². The summed E-state index contributed by atoms with van der Waals surface area (Å²) in [5, 5.41) is 0.960. The molecule has 0 atom stereocenters. The summed E-state index contributed by atoms with van der Waals surface area (Å²) in [7, 11) is 0. The van der Waals surface area contributed by atoms with Crippen molar-refractivity contribution in [3.63, 3.8) is 0 Å². The molecule has 60 valence electrons. The normalized spacial score (nSPS) is 12.0. The van der Waals surface area contributed by atoms with Gasteiger partial charge in [-0.15, -0.1) is 11.3 Å². The highest BCUT2D eigenvalue weighted by atomic mass is 79.9. The van der Waals surface area contributed by atoms with E-state index in [1.54, 1.807) is 11.3 Å². The van der Waals surface area contributed by atoms with Crippen LogP contribution in [0.2, 0.25) is 0 Å². The molecule has 0 aliphatic carbocycles. The van der Waals surface area contributed by atoms with Gasteiger partial charge < -0.3 is 0 Å². The van der Waals surface area contributed by atoms with Gasteiger partial charge in [0.05, 0.1) is 5.51 Å². The molecule has 1 heterocycles. The fraction of sp³-hybridized carbons (Fsp3) is 0.375. The van der Waals surface area contributed by atoms with Gasteiger partial charge in [-0.25, -0.2) is 0 Å². The average molecular weight is 232 g/mol. The van der Waals surface area contributed by atoms with Crippen LogP contribution in [0.4, 0.5) is 0 Å². The quantitative estimate of drug-likeness (QED) is 0.728. The van der Waals surface area contributed by atoms with E-state index in [2.05, 4.69) is 33.9 Å². The molecule has 3 heteroatoms. The predicted octanol–water partition coefficient (Wildman–Crippen LogP) is 3.33. The molecule has 0 bridgehead atoms. The third kappa shape index (κ3) is 2.75. The standard InChI is InChI=1S/C8H10BrNS/c1-2-7(4-9)3-8-5-10-6-11-8/h3,5-6H,2,4H2,1H3/b7-3+. The Hall–Kier alpha value is -0.150. The van der Waals surface area contributed by atoms with Gasteiger partial charge in [0.15, 0.2) is 0 Å². The van der Waals surface area contributed by atoms with Gasteiger partial charge in [-0.2, -0.15) is 0 Å². The maximum Gasteiger partial charge on any atom is 0.0797 e. The number of hydrogen-bond donors (Lipinski definition) is 0. The van der Waals surface area contributed by atoms with Crippen molar-refractivity contribution in [1.82, 2.24) is 4.98 Å². The maximum absolute atomic E-state index is 4.00. The van der Waals surface area contributed by atoms with Gasteiger partial charge in [-0.05, 0) is 12.5 Å². The topological polar surface area (TPSA) is 12.9 Å². The Morgan fingerprint density at radius 3 is 3.09 bits per heavy atom. The van der Waals surface area contributed by atoms with Crippen molar-refractivity contribution in [3.8, 4) is 0 Å². The summed E-state index contributed by atoms with van der Waals surface area (Å²) >= 11 is 5.11. The van der Waals surface area contributed by atoms with Crippen LogP contribution in [0.3, 0.4) is 0 Å². The molecule has 0 fully saturated rings. The fourth-order valence-electron chi connectivity index (χ4n) is 0.733. The summed E-state index contributed by atoms with van der Waals surface area (Å²) < 4.78 is 0. The van der Waals surface area contributed by atoms with E-state index in [9.17, 15) is 0 Å². The molecule has 0 saturated heterocycles. The SMILES string of the molecule is CC/C(=C\c1cncs1)CBr. The number of nitrogens with zero attached hydrogens (tertiary/aromatic N) is 1. The fourth-order valence-corrected chi connectivity index (χ4v) is 1.89. The van der Waals surface area contributed by atoms with Gasteiger partial charge in [0.1, 0.15) is 0 Å². The van der Waals surface area contributed by atoms with Crippen molar-refractivity contribution >= 4 is 33.3 Å². The molecule has 1 rings (SSSR count). The van der Waals surface area contributed by atoms with Crippen LogP contribution in [0.15, 0.2) is 17.3 Å². The van der Waals surface area contributed by atoms with Crippen LogP contribution in [0, 0.1) is 0 Å². The smallest absolute Gasteiger partial charge is 0.0797 e. The Balaban J connectivity index is 2.71. The second-order valence-electron chi connectivity index (χ2n) is 2.19. The zero-order valence-electron chi connectivity index (χ0n) is 6.38. The first-order valence-corrected chi connectivity index (χ1v) is 5.50. The molecule has 0 N–H and O–H groups in total. The molecule has 0 aliphatic heterocycles. The summed E-state index contributed by atoms with van der Waals surface area (Å²) in [5.41, 5.74) is 3.27. The number of alkyl halides is 1. The van der Waals surface area contributed by atoms with Gasteiger partial charge >= 0.3 is 0 Å². The van der Waals surface area contributed by atoms with Crippen molar-refractivity contribution in [2.75, 3.05) is 5.33 Å². The Bertz CT molecular complexity index is 222.